The van der Waals surface area contributed by atoms with Crippen LogP contribution in [-0.2, 0) is 38.7 Å². The summed E-state index contributed by atoms with van der Waals surface area (Å²) >= 11 is 0. The minimum atomic E-state index is -0.447. The minimum absolute atomic E-state index is 0.0377. The fraction of sp³-hybridized carbons (Fsp3) is 0.944. The quantitative estimate of drug-likeness (QED) is 0.147. The van der Waals surface area contributed by atoms with E-state index in [1.807, 2.05) is 0 Å². The zero-order chi connectivity index (χ0) is 31.5. The molecule has 2 spiro atoms. The molecule has 10 fully saturated rings. The van der Waals surface area contributed by atoms with Crippen LogP contribution in [0.4, 0.5) is 0 Å². The molecule has 0 N–H and O–H groups in total. The summed E-state index contributed by atoms with van der Waals surface area (Å²) in [5.41, 5.74) is -0.769. The van der Waals surface area contributed by atoms with Gasteiger partial charge in [-0.05, 0) is 113 Å². The van der Waals surface area contributed by atoms with Crippen molar-refractivity contribution in [2.75, 3.05) is 0 Å². The molecule has 0 radical (unpaired) electrons. The highest BCUT2D eigenvalue weighted by atomic mass is 17.2. The SMILES string of the molecule is CC(=O)O/N=C(/C[C@H]1O[C@@H]2C[C@]3(C)CC[C@H]4[C@H](C)CC[C@@H]([C@H]1C)[C@@]24OO3)[C@H]1O[C@@H]2C[C@]3(C)CC[C@H]4[C@H](C)CC[C@@H]([C@H]1C)[C@@]24OO3. The molecule has 10 aliphatic rings. The Labute approximate surface area is 268 Å². The largest absolute Gasteiger partial charge is 0.371 e. The van der Waals surface area contributed by atoms with Crippen molar-refractivity contribution in [1.82, 2.24) is 0 Å². The van der Waals surface area contributed by atoms with Gasteiger partial charge in [-0.25, -0.2) is 24.3 Å². The molecule has 10 rings (SSSR count). The predicted molar refractivity (Wildman–Crippen MR) is 165 cm³/mol. The molecular weight excluding hydrogens is 574 g/mol. The van der Waals surface area contributed by atoms with Crippen molar-refractivity contribution in [2.24, 2.45) is 52.5 Å². The molecule has 9 heteroatoms. The number of nitrogens with zero attached hydrogens (tertiary/aromatic N) is 1. The van der Waals surface area contributed by atoms with Gasteiger partial charge in [0.15, 0.2) is 0 Å². The van der Waals surface area contributed by atoms with E-state index in [-0.39, 0.29) is 53.4 Å². The standard InChI is InChI=1S/C36H55NO8/c1-19-8-10-26-21(3)29(39-30-17-33(6)14-12-24(19)35(26,30)44-42-33)16-28(37-41-23(5)38)32-22(4)27-11-9-20(2)25-13-15-34(7)18-31(40-32)36(25,27)45-43-34/h19-22,24-27,29-32H,8-18H2,1-7H3/b37-28-/t19-,20-,21-,22-,24+,25+,26+,27+,29-,30-,31-,32+,33+,34+,35-,36-/m1/s1. The van der Waals surface area contributed by atoms with Crippen LogP contribution in [0.2, 0.25) is 0 Å². The number of carbonyl (C=O) groups is 1. The second kappa shape index (κ2) is 10.7. The Kier molecular flexibility index (Phi) is 7.41. The first-order valence-electron chi connectivity index (χ1n) is 18.2. The molecule has 0 amide bonds. The second-order valence-corrected chi connectivity index (χ2v) is 17.3. The smallest absolute Gasteiger partial charge is 0.331 e. The Hall–Kier alpha value is -1.10. The molecule has 9 nitrogen and oxygen atoms in total. The highest BCUT2D eigenvalue weighted by molar-refractivity contribution is 5.90. The first-order valence-corrected chi connectivity index (χ1v) is 18.2. The van der Waals surface area contributed by atoms with Gasteiger partial charge in [-0.2, -0.15) is 0 Å². The normalized spacial score (nSPS) is 56.9. The highest BCUT2D eigenvalue weighted by Crippen LogP contribution is 2.63. The third kappa shape index (κ3) is 4.53. The molecular formula is C36H55NO8. The van der Waals surface area contributed by atoms with Crippen molar-refractivity contribution >= 4 is 11.7 Å². The molecule has 252 valence electrons. The van der Waals surface area contributed by atoms with Crippen LogP contribution < -0.4 is 0 Å². The van der Waals surface area contributed by atoms with E-state index in [0.29, 0.717) is 36.0 Å². The monoisotopic (exact) mass is 629 g/mol. The third-order valence-corrected chi connectivity index (χ3v) is 14.6. The number of carbonyl (C=O) groups excluding carboxylic acids is 1. The van der Waals surface area contributed by atoms with E-state index >= 15 is 0 Å². The molecule has 4 saturated carbocycles. The molecule has 6 heterocycles. The van der Waals surface area contributed by atoms with Crippen LogP contribution >= 0.6 is 0 Å². The van der Waals surface area contributed by atoms with Gasteiger partial charge >= 0.3 is 5.97 Å². The summed E-state index contributed by atoms with van der Waals surface area (Å²) in [5, 5.41) is 4.59. The van der Waals surface area contributed by atoms with Gasteiger partial charge in [-0.3, -0.25) is 0 Å². The molecule has 0 aromatic carbocycles. The van der Waals surface area contributed by atoms with E-state index in [0.717, 1.165) is 57.1 Å². The fourth-order valence-corrected chi connectivity index (χ4v) is 12.1. The molecule has 0 aromatic rings. The maximum absolute atomic E-state index is 12.1. The van der Waals surface area contributed by atoms with Crippen molar-refractivity contribution in [1.29, 1.82) is 0 Å². The van der Waals surface area contributed by atoms with E-state index in [9.17, 15) is 4.79 Å². The fourth-order valence-electron chi connectivity index (χ4n) is 12.1. The van der Waals surface area contributed by atoms with Crippen molar-refractivity contribution in [3.63, 3.8) is 0 Å². The van der Waals surface area contributed by atoms with Gasteiger partial charge < -0.3 is 14.3 Å². The Morgan fingerprint density at radius 2 is 1.24 bits per heavy atom. The van der Waals surface area contributed by atoms with Crippen LogP contribution in [0.5, 0.6) is 0 Å². The molecule has 6 aliphatic heterocycles. The maximum atomic E-state index is 12.1. The third-order valence-electron chi connectivity index (χ3n) is 14.6. The zero-order valence-corrected chi connectivity index (χ0v) is 28.4. The van der Waals surface area contributed by atoms with Gasteiger partial charge in [0.05, 0.1) is 24.0 Å². The molecule has 45 heavy (non-hydrogen) atoms. The van der Waals surface area contributed by atoms with Crippen molar-refractivity contribution in [3.05, 3.63) is 0 Å². The van der Waals surface area contributed by atoms with E-state index < -0.39 is 17.2 Å². The lowest BCUT2D eigenvalue weighted by molar-refractivity contribution is -0.487. The molecule has 0 unspecified atom stereocenters. The Bertz CT molecular complexity index is 1230. The van der Waals surface area contributed by atoms with Gasteiger partial charge in [0, 0.05) is 26.2 Å². The Morgan fingerprint density at radius 1 is 0.711 bits per heavy atom. The average molecular weight is 630 g/mol. The van der Waals surface area contributed by atoms with E-state index in [1.165, 1.54) is 19.8 Å². The summed E-state index contributed by atoms with van der Waals surface area (Å²) in [6, 6.07) is 0. The van der Waals surface area contributed by atoms with Crippen molar-refractivity contribution < 1.29 is 38.7 Å². The lowest BCUT2D eigenvalue weighted by Crippen LogP contribution is -2.71. The first kappa shape index (κ1) is 31.2. The molecule has 16 atom stereocenters. The minimum Gasteiger partial charge on any atom is -0.371 e. The van der Waals surface area contributed by atoms with Gasteiger partial charge in [0.1, 0.15) is 28.5 Å². The Morgan fingerprint density at radius 3 is 1.80 bits per heavy atom. The number of oxime groups is 1. The average Bonchev–Trinajstić information content (AvgIpc) is 3.37. The number of rotatable bonds is 4. The lowest BCUT2D eigenvalue weighted by Gasteiger charge is -2.62. The summed E-state index contributed by atoms with van der Waals surface area (Å²) in [6.07, 6.45) is 10.4. The second-order valence-electron chi connectivity index (χ2n) is 17.3. The van der Waals surface area contributed by atoms with Crippen LogP contribution in [-0.4, -0.2) is 58.5 Å². The van der Waals surface area contributed by atoms with E-state index in [1.54, 1.807) is 0 Å². The van der Waals surface area contributed by atoms with Crippen LogP contribution in [0.15, 0.2) is 5.16 Å². The lowest BCUT2D eigenvalue weighted by atomic mass is 9.55. The van der Waals surface area contributed by atoms with Crippen molar-refractivity contribution in [2.45, 2.75) is 166 Å². The van der Waals surface area contributed by atoms with Gasteiger partial charge in [-0.15, -0.1) is 0 Å². The summed E-state index contributed by atoms with van der Waals surface area (Å²) in [5.74, 6) is 2.48. The van der Waals surface area contributed by atoms with E-state index in [2.05, 4.69) is 46.7 Å². The summed E-state index contributed by atoms with van der Waals surface area (Å²) in [4.78, 5) is 43.1. The van der Waals surface area contributed by atoms with Gasteiger partial charge in [0.25, 0.3) is 0 Å². The number of fused-ring (bicyclic) bond motifs is 4. The highest BCUT2D eigenvalue weighted by Gasteiger charge is 2.70. The van der Waals surface area contributed by atoms with Crippen LogP contribution in [0.25, 0.3) is 0 Å². The number of hydrogen-bond acceptors (Lipinski definition) is 9. The van der Waals surface area contributed by atoms with Crippen LogP contribution in [0.3, 0.4) is 0 Å². The summed E-state index contributed by atoms with van der Waals surface area (Å²) in [6.45, 7) is 15.1. The maximum Gasteiger partial charge on any atom is 0.331 e. The first-order chi connectivity index (χ1) is 21.4. The van der Waals surface area contributed by atoms with Crippen LogP contribution in [0.1, 0.15) is 119 Å². The van der Waals surface area contributed by atoms with Crippen LogP contribution in [0, 0.1) is 47.3 Å². The number of ether oxygens (including phenoxy) is 2. The van der Waals surface area contributed by atoms with Gasteiger partial charge in [0.2, 0.25) is 0 Å². The molecule has 0 aromatic heterocycles. The zero-order valence-electron chi connectivity index (χ0n) is 28.4. The Balaban J connectivity index is 1.12. The van der Waals surface area contributed by atoms with E-state index in [4.69, 9.17) is 33.9 Å². The molecule has 4 bridgehead atoms. The van der Waals surface area contributed by atoms with Crippen molar-refractivity contribution in [3.8, 4) is 0 Å². The summed E-state index contributed by atoms with van der Waals surface area (Å²) in [7, 11) is 0. The predicted octanol–water partition coefficient (Wildman–Crippen LogP) is 6.71. The van der Waals surface area contributed by atoms with Gasteiger partial charge in [-0.1, -0.05) is 32.9 Å². The topological polar surface area (TPSA) is 94.0 Å². The summed E-state index contributed by atoms with van der Waals surface area (Å²) < 4.78 is 14.4. The molecule has 6 saturated heterocycles. The number of hydrogen-bond donors (Lipinski definition) is 0. The molecule has 4 aliphatic carbocycles.